The third-order valence-corrected chi connectivity index (χ3v) is 5.32. The summed E-state index contributed by atoms with van der Waals surface area (Å²) in [7, 11) is -3.67. The van der Waals surface area contributed by atoms with Crippen LogP contribution in [0.5, 0.6) is 0 Å². The minimum Gasteiger partial charge on any atom is -0.398 e. The number of halogens is 1. The van der Waals surface area contributed by atoms with Crippen LogP contribution >= 0.6 is 11.6 Å². The van der Waals surface area contributed by atoms with Gasteiger partial charge in [0.05, 0.1) is 23.9 Å². The van der Waals surface area contributed by atoms with Gasteiger partial charge in [0.2, 0.25) is 10.0 Å². The number of anilines is 1. The SMILES string of the molecule is Nc1cccc(Cl)c1S(=O)(=O)NCCCN1CCOCC1. The molecular weight excluding hydrogens is 314 g/mol. The summed E-state index contributed by atoms with van der Waals surface area (Å²) in [5, 5.41) is 0.135. The van der Waals surface area contributed by atoms with E-state index in [-0.39, 0.29) is 15.6 Å². The van der Waals surface area contributed by atoms with Gasteiger partial charge in [-0.2, -0.15) is 0 Å². The minimum absolute atomic E-state index is 0.0435. The van der Waals surface area contributed by atoms with Gasteiger partial charge in [-0.3, -0.25) is 4.90 Å². The van der Waals surface area contributed by atoms with Crippen molar-refractivity contribution >= 4 is 27.3 Å². The zero-order valence-corrected chi connectivity index (χ0v) is 13.3. The van der Waals surface area contributed by atoms with Crippen LogP contribution in [0.2, 0.25) is 5.02 Å². The standard InChI is InChI=1S/C13H20ClN3O3S/c14-11-3-1-4-12(15)13(11)21(18,19)16-5-2-6-17-7-9-20-10-8-17/h1,3-4,16H,2,5-10,15H2. The Morgan fingerprint density at radius 3 is 2.71 bits per heavy atom. The van der Waals surface area contributed by atoms with Crippen LogP contribution in [0, 0.1) is 0 Å². The maximum absolute atomic E-state index is 12.2. The molecule has 3 N–H and O–H groups in total. The molecule has 2 rings (SSSR count). The van der Waals surface area contributed by atoms with Gasteiger partial charge in [-0.05, 0) is 25.1 Å². The van der Waals surface area contributed by atoms with E-state index in [2.05, 4.69) is 9.62 Å². The van der Waals surface area contributed by atoms with E-state index in [4.69, 9.17) is 22.1 Å². The first kappa shape index (κ1) is 16.5. The highest BCUT2D eigenvalue weighted by atomic mass is 35.5. The van der Waals surface area contributed by atoms with Gasteiger partial charge in [0.25, 0.3) is 0 Å². The molecule has 0 radical (unpaired) electrons. The van der Waals surface area contributed by atoms with Crippen molar-refractivity contribution in [1.82, 2.24) is 9.62 Å². The largest absolute Gasteiger partial charge is 0.398 e. The molecule has 1 saturated heterocycles. The predicted molar refractivity (Wildman–Crippen MR) is 82.9 cm³/mol. The molecule has 0 aliphatic carbocycles. The van der Waals surface area contributed by atoms with E-state index in [1.807, 2.05) is 0 Å². The smallest absolute Gasteiger partial charge is 0.244 e. The van der Waals surface area contributed by atoms with E-state index in [1.54, 1.807) is 6.07 Å². The molecule has 0 unspecified atom stereocenters. The molecule has 1 aromatic carbocycles. The van der Waals surface area contributed by atoms with Crippen LogP contribution in [0.15, 0.2) is 23.1 Å². The zero-order chi connectivity index (χ0) is 15.3. The number of benzene rings is 1. The van der Waals surface area contributed by atoms with Crippen molar-refractivity contribution in [3.05, 3.63) is 23.2 Å². The van der Waals surface area contributed by atoms with Gasteiger partial charge in [-0.1, -0.05) is 17.7 Å². The first-order valence-electron chi connectivity index (χ1n) is 6.84. The molecule has 0 spiro atoms. The van der Waals surface area contributed by atoms with E-state index in [9.17, 15) is 8.42 Å². The Morgan fingerprint density at radius 2 is 2.05 bits per heavy atom. The Balaban J connectivity index is 1.86. The Labute approximate surface area is 130 Å². The number of nitrogens with zero attached hydrogens (tertiary/aromatic N) is 1. The number of rotatable bonds is 6. The van der Waals surface area contributed by atoms with Crippen LogP contribution in [-0.4, -0.2) is 52.7 Å². The summed E-state index contributed by atoms with van der Waals surface area (Å²) in [5.41, 5.74) is 5.86. The lowest BCUT2D eigenvalue weighted by Crippen LogP contribution is -2.38. The first-order valence-corrected chi connectivity index (χ1v) is 8.70. The van der Waals surface area contributed by atoms with Gasteiger partial charge >= 0.3 is 0 Å². The normalized spacial score (nSPS) is 17.0. The molecule has 0 amide bonds. The lowest BCUT2D eigenvalue weighted by atomic mass is 10.3. The summed E-state index contributed by atoms with van der Waals surface area (Å²) in [5.74, 6) is 0. The van der Waals surface area contributed by atoms with Crippen molar-refractivity contribution in [3.63, 3.8) is 0 Å². The summed E-state index contributed by atoms with van der Waals surface area (Å²) >= 11 is 5.93. The fourth-order valence-electron chi connectivity index (χ4n) is 2.22. The Kier molecular flexibility index (Phi) is 5.83. The molecule has 21 heavy (non-hydrogen) atoms. The van der Waals surface area contributed by atoms with Crippen molar-refractivity contribution < 1.29 is 13.2 Å². The zero-order valence-electron chi connectivity index (χ0n) is 11.7. The second kappa shape index (κ2) is 7.42. The van der Waals surface area contributed by atoms with Gasteiger partial charge in [0.1, 0.15) is 4.90 Å². The number of nitrogens with two attached hydrogens (primary N) is 1. The summed E-state index contributed by atoms with van der Waals surface area (Å²) in [6.45, 7) is 4.45. The summed E-state index contributed by atoms with van der Waals surface area (Å²) in [4.78, 5) is 2.21. The van der Waals surface area contributed by atoms with Gasteiger partial charge in [0.15, 0.2) is 0 Å². The highest BCUT2D eigenvalue weighted by molar-refractivity contribution is 7.89. The maximum atomic E-state index is 12.2. The molecule has 1 aromatic rings. The number of nitrogen functional groups attached to an aromatic ring is 1. The van der Waals surface area contributed by atoms with Crippen molar-refractivity contribution in [1.29, 1.82) is 0 Å². The van der Waals surface area contributed by atoms with Gasteiger partial charge in [-0.15, -0.1) is 0 Å². The fourth-order valence-corrected chi connectivity index (χ4v) is 3.96. The monoisotopic (exact) mass is 333 g/mol. The van der Waals surface area contributed by atoms with E-state index in [0.717, 1.165) is 39.3 Å². The summed E-state index contributed by atoms with van der Waals surface area (Å²) in [6, 6.07) is 4.66. The molecule has 118 valence electrons. The molecule has 1 aliphatic heterocycles. The second-order valence-corrected chi connectivity index (χ2v) is 6.97. The fraction of sp³-hybridized carbons (Fsp3) is 0.538. The van der Waals surface area contributed by atoms with E-state index in [1.165, 1.54) is 12.1 Å². The van der Waals surface area contributed by atoms with Gasteiger partial charge in [0, 0.05) is 19.6 Å². The van der Waals surface area contributed by atoms with Gasteiger partial charge < -0.3 is 10.5 Å². The molecule has 6 nitrogen and oxygen atoms in total. The molecule has 0 aromatic heterocycles. The van der Waals surface area contributed by atoms with Crippen LogP contribution in [0.1, 0.15) is 6.42 Å². The minimum atomic E-state index is -3.67. The van der Waals surface area contributed by atoms with Crippen LogP contribution in [-0.2, 0) is 14.8 Å². The molecule has 0 saturated carbocycles. The lowest BCUT2D eigenvalue weighted by Gasteiger charge is -2.26. The maximum Gasteiger partial charge on any atom is 0.244 e. The average Bonchev–Trinajstić information content (AvgIpc) is 2.44. The van der Waals surface area contributed by atoms with Crippen LogP contribution in [0.3, 0.4) is 0 Å². The summed E-state index contributed by atoms with van der Waals surface area (Å²) < 4.78 is 32.2. The highest BCUT2D eigenvalue weighted by Crippen LogP contribution is 2.26. The Bertz CT molecular complexity index is 554. The second-order valence-electron chi connectivity index (χ2n) is 4.86. The third-order valence-electron chi connectivity index (χ3n) is 3.31. The summed E-state index contributed by atoms with van der Waals surface area (Å²) in [6.07, 6.45) is 0.726. The number of sulfonamides is 1. The topological polar surface area (TPSA) is 84.7 Å². The van der Waals surface area contributed by atoms with Crippen molar-refractivity contribution in [2.45, 2.75) is 11.3 Å². The molecule has 8 heteroatoms. The molecular formula is C13H20ClN3O3S. The number of morpholine rings is 1. The Hall–Kier alpha value is -0.860. The van der Waals surface area contributed by atoms with Crippen LogP contribution in [0.25, 0.3) is 0 Å². The van der Waals surface area contributed by atoms with Crippen LogP contribution < -0.4 is 10.5 Å². The van der Waals surface area contributed by atoms with Crippen molar-refractivity contribution in [3.8, 4) is 0 Å². The number of ether oxygens (including phenoxy) is 1. The molecule has 0 atom stereocenters. The Morgan fingerprint density at radius 1 is 1.33 bits per heavy atom. The van der Waals surface area contributed by atoms with Crippen molar-refractivity contribution in [2.75, 3.05) is 45.1 Å². The number of nitrogens with one attached hydrogen (secondary N) is 1. The number of hydrogen-bond donors (Lipinski definition) is 2. The first-order chi connectivity index (χ1) is 10.0. The molecule has 1 fully saturated rings. The van der Waals surface area contributed by atoms with E-state index < -0.39 is 10.0 Å². The quantitative estimate of drug-likeness (QED) is 0.597. The van der Waals surface area contributed by atoms with Crippen LogP contribution in [0.4, 0.5) is 5.69 Å². The third kappa shape index (κ3) is 4.55. The number of hydrogen-bond acceptors (Lipinski definition) is 5. The molecule has 0 bridgehead atoms. The van der Waals surface area contributed by atoms with Gasteiger partial charge in [-0.25, -0.2) is 13.1 Å². The highest BCUT2D eigenvalue weighted by Gasteiger charge is 2.20. The molecule has 1 heterocycles. The van der Waals surface area contributed by atoms with E-state index >= 15 is 0 Å². The van der Waals surface area contributed by atoms with E-state index in [0.29, 0.717) is 6.54 Å². The predicted octanol–water partition coefficient (Wildman–Crippen LogP) is 0.923. The van der Waals surface area contributed by atoms with Crippen molar-refractivity contribution in [2.24, 2.45) is 0 Å². The molecule has 1 aliphatic rings. The lowest BCUT2D eigenvalue weighted by molar-refractivity contribution is 0.0376. The average molecular weight is 334 g/mol.